The van der Waals surface area contributed by atoms with Gasteiger partial charge in [0.1, 0.15) is 5.69 Å². The number of carbonyl (C=O) groups excluding carboxylic acids is 1. The fraction of sp³-hybridized carbons (Fsp3) is 0.0714. The zero-order valence-electron chi connectivity index (χ0n) is 10.6. The maximum Gasteiger partial charge on any atom is 0.338 e. The van der Waals surface area contributed by atoms with Gasteiger partial charge in [-0.25, -0.2) is 4.79 Å². The molecule has 2 N–H and O–H groups in total. The Bertz CT molecular complexity index is 686. The van der Waals surface area contributed by atoms with Gasteiger partial charge in [0.25, 0.3) is 5.91 Å². The molecule has 5 nitrogen and oxygen atoms in total. The maximum atomic E-state index is 12.1. The summed E-state index contributed by atoms with van der Waals surface area (Å²) in [6.07, 6.45) is 1.38. The lowest BCUT2D eigenvalue weighted by Gasteiger charge is -2.09. The van der Waals surface area contributed by atoms with Crippen LogP contribution in [0.25, 0.3) is 0 Å². The number of aromatic carboxylic acids is 1. The molecular formula is C14H11BrN2O3. The molecule has 1 amide bonds. The van der Waals surface area contributed by atoms with E-state index in [0.717, 1.165) is 10.0 Å². The minimum absolute atomic E-state index is 0.109. The molecule has 0 aliphatic carbocycles. The number of aryl methyl sites for hydroxylation is 1. The van der Waals surface area contributed by atoms with E-state index in [4.69, 9.17) is 5.11 Å². The average molecular weight is 335 g/mol. The van der Waals surface area contributed by atoms with Crippen molar-refractivity contribution in [2.45, 2.75) is 6.92 Å². The molecule has 6 heteroatoms. The number of nitrogens with one attached hydrogen (secondary N) is 1. The van der Waals surface area contributed by atoms with E-state index in [1.165, 1.54) is 18.3 Å². The van der Waals surface area contributed by atoms with Crippen molar-refractivity contribution in [1.82, 2.24) is 4.98 Å². The van der Waals surface area contributed by atoms with Crippen LogP contribution in [0.5, 0.6) is 0 Å². The van der Waals surface area contributed by atoms with Gasteiger partial charge in [-0.15, -0.1) is 0 Å². The largest absolute Gasteiger partial charge is 0.478 e. The summed E-state index contributed by atoms with van der Waals surface area (Å²) in [6.45, 7) is 1.84. The first-order chi connectivity index (χ1) is 9.49. The summed E-state index contributed by atoms with van der Waals surface area (Å²) in [4.78, 5) is 27.0. The van der Waals surface area contributed by atoms with E-state index >= 15 is 0 Å². The first kappa shape index (κ1) is 14.2. The first-order valence-corrected chi connectivity index (χ1v) is 6.54. The predicted molar refractivity (Wildman–Crippen MR) is 78.0 cm³/mol. The summed E-state index contributed by atoms with van der Waals surface area (Å²) in [5, 5.41) is 11.7. The van der Waals surface area contributed by atoms with E-state index < -0.39 is 11.9 Å². The first-order valence-electron chi connectivity index (χ1n) is 5.75. The summed E-state index contributed by atoms with van der Waals surface area (Å²) in [5.41, 5.74) is 1.24. The van der Waals surface area contributed by atoms with E-state index in [1.807, 2.05) is 13.0 Å². The van der Waals surface area contributed by atoms with Gasteiger partial charge >= 0.3 is 5.97 Å². The Morgan fingerprint density at radius 2 is 2.05 bits per heavy atom. The standard InChI is InChI=1S/C14H11BrN2O3/c1-8-7-9(15)4-5-11(8)17-13(18)12-10(14(19)20)3-2-6-16-12/h2-7H,1H3,(H,17,18)(H,19,20). The van der Waals surface area contributed by atoms with Crippen molar-refractivity contribution in [2.24, 2.45) is 0 Å². The lowest BCUT2D eigenvalue weighted by atomic mass is 10.1. The van der Waals surface area contributed by atoms with Gasteiger partial charge in [-0.1, -0.05) is 15.9 Å². The maximum absolute atomic E-state index is 12.1. The summed E-state index contributed by atoms with van der Waals surface area (Å²) in [6, 6.07) is 8.20. The number of anilines is 1. The number of carboxylic acid groups (broad SMARTS) is 1. The second-order valence-electron chi connectivity index (χ2n) is 4.12. The van der Waals surface area contributed by atoms with Gasteiger partial charge < -0.3 is 10.4 Å². The lowest BCUT2D eigenvalue weighted by molar-refractivity contribution is 0.0691. The molecule has 0 bridgehead atoms. The van der Waals surface area contributed by atoms with Crippen LogP contribution in [0.1, 0.15) is 26.4 Å². The van der Waals surface area contributed by atoms with Gasteiger partial charge in [0.05, 0.1) is 5.56 Å². The van der Waals surface area contributed by atoms with E-state index in [-0.39, 0.29) is 11.3 Å². The second kappa shape index (κ2) is 5.83. The highest BCUT2D eigenvalue weighted by molar-refractivity contribution is 9.10. The molecule has 1 heterocycles. The summed E-state index contributed by atoms with van der Waals surface area (Å²) >= 11 is 3.34. The summed E-state index contributed by atoms with van der Waals surface area (Å²) in [7, 11) is 0. The van der Waals surface area contributed by atoms with Crippen molar-refractivity contribution in [3.05, 3.63) is 57.8 Å². The minimum Gasteiger partial charge on any atom is -0.478 e. The van der Waals surface area contributed by atoms with E-state index in [2.05, 4.69) is 26.2 Å². The Morgan fingerprint density at radius 3 is 2.70 bits per heavy atom. The van der Waals surface area contributed by atoms with Crippen LogP contribution >= 0.6 is 15.9 Å². The highest BCUT2D eigenvalue weighted by Crippen LogP contribution is 2.20. The van der Waals surface area contributed by atoms with Crippen molar-refractivity contribution in [3.8, 4) is 0 Å². The SMILES string of the molecule is Cc1cc(Br)ccc1NC(=O)c1ncccc1C(=O)O. The zero-order chi connectivity index (χ0) is 14.7. The Hall–Kier alpha value is -2.21. The number of nitrogens with zero attached hydrogens (tertiary/aromatic N) is 1. The van der Waals surface area contributed by atoms with Crippen LogP contribution in [-0.4, -0.2) is 22.0 Å². The molecule has 2 rings (SSSR count). The van der Waals surface area contributed by atoms with Crippen LogP contribution < -0.4 is 5.32 Å². The van der Waals surface area contributed by atoms with Crippen molar-refractivity contribution in [3.63, 3.8) is 0 Å². The van der Waals surface area contributed by atoms with Crippen molar-refractivity contribution in [1.29, 1.82) is 0 Å². The average Bonchev–Trinajstić information content (AvgIpc) is 2.41. The molecule has 0 fully saturated rings. The molecule has 20 heavy (non-hydrogen) atoms. The van der Waals surface area contributed by atoms with Gasteiger partial charge in [0.2, 0.25) is 0 Å². The van der Waals surface area contributed by atoms with E-state index in [9.17, 15) is 9.59 Å². The third kappa shape index (κ3) is 3.03. The smallest absolute Gasteiger partial charge is 0.338 e. The van der Waals surface area contributed by atoms with Gasteiger partial charge in [-0.05, 0) is 42.8 Å². The number of benzene rings is 1. The molecule has 1 aromatic carbocycles. The van der Waals surface area contributed by atoms with Crippen molar-refractivity contribution in [2.75, 3.05) is 5.32 Å². The minimum atomic E-state index is -1.18. The number of rotatable bonds is 3. The molecule has 1 aromatic heterocycles. The van der Waals surface area contributed by atoms with Crippen LogP contribution in [0.4, 0.5) is 5.69 Å². The van der Waals surface area contributed by atoms with Crippen LogP contribution in [0.2, 0.25) is 0 Å². The number of hydrogen-bond acceptors (Lipinski definition) is 3. The van der Waals surface area contributed by atoms with Gasteiger partial charge in [0, 0.05) is 16.4 Å². The van der Waals surface area contributed by atoms with Crippen LogP contribution in [0.3, 0.4) is 0 Å². The molecule has 0 aliphatic rings. The third-order valence-corrected chi connectivity index (χ3v) is 3.18. The lowest BCUT2D eigenvalue weighted by Crippen LogP contribution is -2.18. The Balaban J connectivity index is 2.31. The highest BCUT2D eigenvalue weighted by Gasteiger charge is 2.18. The van der Waals surface area contributed by atoms with Gasteiger partial charge in [0.15, 0.2) is 0 Å². The number of carbonyl (C=O) groups is 2. The van der Waals surface area contributed by atoms with E-state index in [0.29, 0.717) is 5.69 Å². The molecule has 2 aromatic rings. The van der Waals surface area contributed by atoms with Gasteiger partial charge in [-0.2, -0.15) is 0 Å². The fourth-order valence-corrected chi connectivity index (χ4v) is 2.18. The Kier molecular flexibility index (Phi) is 4.14. The van der Waals surface area contributed by atoms with Crippen molar-refractivity contribution < 1.29 is 14.7 Å². The number of amides is 1. The molecule has 0 radical (unpaired) electrons. The number of pyridine rings is 1. The topological polar surface area (TPSA) is 79.3 Å². The number of aromatic nitrogens is 1. The fourth-order valence-electron chi connectivity index (χ4n) is 1.71. The summed E-state index contributed by atoms with van der Waals surface area (Å²) < 4.78 is 0.900. The molecule has 0 spiro atoms. The summed E-state index contributed by atoms with van der Waals surface area (Å²) in [5.74, 6) is -1.73. The van der Waals surface area contributed by atoms with Crippen LogP contribution in [0.15, 0.2) is 41.0 Å². The molecule has 0 aliphatic heterocycles. The molecule has 0 saturated heterocycles. The van der Waals surface area contributed by atoms with E-state index in [1.54, 1.807) is 12.1 Å². The molecule has 0 saturated carbocycles. The number of halogens is 1. The zero-order valence-corrected chi connectivity index (χ0v) is 12.1. The van der Waals surface area contributed by atoms with Crippen molar-refractivity contribution >= 4 is 33.5 Å². The quantitative estimate of drug-likeness (QED) is 0.903. The molecular weight excluding hydrogens is 324 g/mol. The number of carboxylic acids is 1. The Morgan fingerprint density at radius 1 is 1.30 bits per heavy atom. The number of hydrogen-bond donors (Lipinski definition) is 2. The second-order valence-corrected chi connectivity index (χ2v) is 5.03. The van der Waals surface area contributed by atoms with Crippen LogP contribution in [-0.2, 0) is 0 Å². The predicted octanol–water partition coefficient (Wildman–Crippen LogP) is 3.10. The molecule has 102 valence electrons. The highest BCUT2D eigenvalue weighted by atomic mass is 79.9. The van der Waals surface area contributed by atoms with Crippen LogP contribution in [0, 0.1) is 6.92 Å². The third-order valence-electron chi connectivity index (χ3n) is 2.69. The molecule has 0 unspecified atom stereocenters. The van der Waals surface area contributed by atoms with Gasteiger partial charge in [-0.3, -0.25) is 9.78 Å². The molecule has 0 atom stereocenters. The Labute approximate surface area is 123 Å². The monoisotopic (exact) mass is 334 g/mol. The normalized spacial score (nSPS) is 10.1.